The molecule has 1 atom stereocenters. The summed E-state index contributed by atoms with van der Waals surface area (Å²) in [5, 5.41) is 3.49. The lowest BCUT2D eigenvalue weighted by Crippen LogP contribution is -2.54. The minimum atomic E-state index is -0.0666. The van der Waals surface area contributed by atoms with Crippen molar-refractivity contribution in [2.45, 2.75) is 57.4 Å². The van der Waals surface area contributed by atoms with Gasteiger partial charge in [0, 0.05) is 44.3 Å². The predicted octanol–water partition coefficient (Wildman–Crippen LogP) is 3.77. The van der Waals surface area contributed by atoms with Crippen molar-refractivity contribution in [1.82, 2.24) is 10.2 Å². The Balaban J connectivity index is 1.21. The van der Waals surface area contributed by atoms with E-state index < -0.39 is 0 Å². The first-order valence-electron chi connectivity index (χ1n) is 13.0. The number of ether oxygens (including phenoxy) is 1. The number of nitrogens with one attached hydrogen (secondary N) is 1. The summed E-state index contributed by atoms with van der Waals surface area (Å²) in [6.07, 6.45) is 9.93. The Kier molecular flexibility index (Phi) is 5.46. The maximum Gasteiger partial charge on any atom is 0.226 e. The summed E-state index contributed by atoms with van der Waals surface area (Å²) in [5.74, 6) is 2.77. The fourth-order valence-electron chi connectivity index (χ4n) is 8.12. The zero-order valence-corrected chi connectivity index (χ0v) is 19.7. The van der Waals surface area contributed by atoms with Crippen molar-refractivity contribution < 1.29 is 9.53 Å². The molecule has 4 bridgehead atoms. The SMILES string of the molecule is CN1CCCc2cc(C(CNC(=O)C34CC5CC(CC(C5)C3)C4)N3CCOCC3)ccc21. The first-order valence-corrected chi connectivity index (χ1v) is 13.0. The van der Waals surface area contributed by atoms with Crippen LogP contribution < -0.4 is 10.2 Å². The third-order valence-electron chi connectivity index (χ3n) is 9.30. The van der Waals surface area contributed by atoms with Crippen LogP contribution in [0.15, 0.2) is 18.2 Å². The van der Waals surface area contributed by atoms with Gasteiger partial charge in [0.25, 0.3) is 0 Å². The Hall–Kier alpha value is -1.59. The van der Waals surface area contributed by atoms with Crippen LogP contribution in [0.1, 0.15) is 62.1 Å². The standard InChI is InChI=1S/C27H39N3O2/c1-29-6-2-3-22-14-23(4-5-24(22)29)25(30-7-9-32-10-8-30)18-28-26(31)27-15-19-11-20(16-27)13-21(12-19)17-27/h4-5,14,19-21,25H,2-3,6-13,15-18H2,1H3,(H,28,31). The van der Waals surface area contributed by atoms with Crippen LogP contribution in [-0.4, -0.2) is 57.2 Å². The molecule has 4 aliphatic carbocycles. The van der Waals surface area contributed by atoms with E-state index in [0.717, 1.165) is 82.8 Å². The molecule has 174 valence electrons. The molecule has 6 aliphatic rings. The second-order valence-corrected chi connectivity index (χ2v) is 11.5. The van der Waals surface area contributed by atoms with Gasteiger partial charge < -0.3 is 15.0 Å². The molecule has 5 nitrogen and oxygen atoms in total. The number of hydrogen-bond acceptors (Lipinski definition) is 4. The summed E-state index contributed by atoms with van der Waals surface area (Å²) >= 11 is 0. The fourth-order valence-corrected chi connectivity index (χ4v) is 8.12. The van der Waals surface area contributed by atoms with Crippen molar-refractivity contribution in [3.63, 3.8) is 0 Å². The van der Waals surface area contributed by atoms with Gasteiger partial charge in [0.2, 0.25) is 5.91 Å². The van der Waals surface area contributed by atoms with E-state index in [0.29, 0.717) is 5.91 Å². The number of anilines is 1. The van der Waals surface area contributed by atoms with Crippen LogP contribution in [0.2, 0.25) is 0 Å². The Bertz CT molecular complexity index is 827. The maximum absolute atomic E-state index is 13.6. The van der Waals surface area contributed by atoms with Gasteiger partial charge in [-0.15, -0.1) is 0 Å². The van der Waals surface area contributed by atoms with Crippen LogP contribution in [-0.2, 0) is 16.0 Å². The van der Waals surface area contributed by atoms with E-state index in [-0.39, 0.29) is 11.5 Å². The minimum Gasteiger partial charge on any atom is -0.379 e. The highest BCUT2D eigenvalue weighted by atomic mass is 16.5. The molecular weight excluding hydrogens is 398 g/mol. The molecule has 1 saturated heterocycles. The highest BCUT2D eigenvalue weighted by molar-refractivity contribution is 5.83. The number of aryl methyl sites for hydroxylation is 1. The second-order valence-electron chi connectivity index (χ2n) is 11.5. The number of carbonyl (C=O) groups excluding carboxylic acids is 1. The van der Waals surface area contributed by atoms with Crippen molar-refractivity contribution in [2.75, 3.05) is 51.3 Å². The highest BCUT2D eigenvalue weighted by Gasteiger charge is 2.54. The summed E-state index contributed by atoms with van der Waals surface area (Å²) < 4.78 is 5.64. The zero-order valence-electron chi connectivity index (χ0n) is 19.7. The average molecular weight is 438 g/mol. The number of hydrogen-bond donors (Lipinski definition) is 1. The van der Waals surface area contributed by atoms with Crippen molar-refractivity contribution >= 4 is 11.6 Å². The van der Waals surface area contributed by atoms with Crippen LogP contribution in [0.25, 0.3) is 0 Å². The molecule has 2 heterocycles. The molecule has 1 aromatic carbocycles. The molecule has 1 N–H and O–H groups in total. The summed E-state index contributed by atoms with van der Waals surface area (Å²) in [6.45, 7) is 5.31. The molecule has 1 amide bonds. The van der Waals surface area contributed by atoms with Crippen molar-refractivity contribution in [3.8, 4) is 0 Å². The van der Waals surface area contributed by atoms with E-state index in [2.05, 4.69) is 40.4 Å². The monoisotopic (exact) mass is 437 g/mol. The Labute approximate surface area is 192 Å². The maximum atomic E-state index is 13.6. The number of amides is 1. The van der Waals surface area contributed by atoms with Gasteiger partial charge in [-0.1, -0.05) is 12.1 Å². The van der Waals surface area contributed by atoms with Crippen LogP contribution >= 0.6 is 0 Å². The number of fused-ring (bicyclic) bond motifs is 1. The summed E-state index contributed by atoms with van der Waals surface area (Å²) in [4.78, 5) is 18.5. The van der Waals surface area contributed by atoms with E-state index in [1.54, 1.807) is 0 Å². The Morgan fingerprint density at radius 2 is 1.78 bits per heavy atom. The lowest BCUT2D eigenvalue weighted by molar-refractivity contribution is -0.146. The lowest BCUT2D eigenvalue weighted by Gasteiger charge is -2.55. The smallest absolute Gasteiger partial charge is 0.226 e. The molecular formula is C27H39N3O2. The molecule has 1 unspecified atom stereocenters. The van der Waals surface area contributed by atoms with Crippen LogP contribution in [0.3, 0.4) is 0 Å². The van der Waals surface area contributed by atoms with E-state index in [9.17, 15) is 4.79 Å². The first kappa shape index (κ1) is 21.0. The van der Waals surface area contributed by atoms with Gasteiger partial charge in [0.05, 0.1) is 19.3 Å². The molecule has 7 rings (SSSR count). The third-order valence-corrected chi connectivity index (χ3v) is 9.30. The van der Waals surface area contributed by atoms with E-state index >= 15 is 0 Å². The molecule has 32 heavy (non-hydrogen) atoms. The minimum absolute atomic E-state index is 0.0666. The lowest BCUT2D eigenvalue weighted by atomic mass is 9.49. The molecule has 5 fully saturated rings. The number of nitrogens with zero attached hydrogens (tertiary/aromatic N) is 2. The third kappa shape index (κ3) is 3.75. The van der Waals surface area contributed by atoms with Crippen LogP contribution in [0, 0.1) is 23.2 Å². The number of benzene rings is 1. The quantitative estimate of drug-likeness (QED) is 0.762. The predicted molar refractivity (Wildman–Crippen MR) is 127 cm³/mol. The Morgan fingerprint density at radius 1 is 1.09 bits per heavy atom. The molecule has 1 aromatic rings. The van der Waals surface area contributed by atoms with Crippen LogP contribution in [0.4, 0.5) is 5.69 Å². The molecule has 4 saturated carbocycles. The number of carbonyl (C=O) groups is 1. The summed E-state index contributed by atoms with van der Waals surface area (Å²) in [5.41, 5.74) is 4.12. The van der Waals surface area contributed by atoms with Crippen molar-refractivity contribution in [1.29, 1.82) is 0 Å². The molecule has 0 radical (unpaired) electrons. The normalized spacial score (nSPS) is 34.9. The van der Waals surface area contributed by atoms with Gasteiger partial charge in [-0.05, 0) is 86.3 Å². The zero-order chi connectivity index (χ0) is 21.7. The van der Waals surface area contributed by atoms with Gasteiger partial charge in [-0.2, -0.15) is 0 Å². The Morgan fingerprint density at radius 3 is 2.47 bits per heavy atom. The van der Waals surface area contributed by atoms with Gasteiger partial charge in [-0.3, -0.25) is 9.69 Å². The largest absolute Gasteiger partial charge is 0.379 e. The molecule has 0 spiro atoms. The second kappa shape index (κ2) is 8.32. The van der Waals surface area contributed by atoms with Crippen LogP contribution in [0.5, 0.6) is 0 Å². The topological polar surface area (TPSA) is 44.8 Å². The van der Waals surface area contributed by atoms with Gasteiger partial charge >= 0.3 is 0 Å². The highest BCUT2D eigenvalue weighted by Crippen LogP contribution is 2.60. The number of rotatable bonds is 5. The summed E-state index contributed by atoms with van der Waals surface area (Å²) in [7, 11) is 2.20. The molecule has 5 heteroatoms. The number of morpholine rings is 1. The molecule has 0 aromatic heterocycles. The van der Waals surface area contributed by atoms with E-state index in [4.69, 9.17) is 4.74 Å². The van der Waals surface area contributed by atoms with Crippen molar-refractivity contribution in [2.24, 2.45) is 23.2 Å². The fraction of sp³-hybridized carbons (Fsp3) is 0.741. The molecule has 2 aliphatic heterocycles. The van der Waals surface area contributed by atoms with Gasteiger partial charge in [0.15, 0.2) is 0 Å². The van der Waals surface area contributed by atoms with E-state index in [1.165, 1.54) is 42.5 Å². The first-order chi connectivity index (χ1) is 15.6. The van der Waals surface area contributed by atoms with E-state index in [1.807, 2.05) is 0 Å². The van der Waals surface area contributed by atoms with Crippen molar-refractivity contribution in [3.05, 3.63) is 29.3 Å². The van der Waals surface area contributed by atoms with Gasteiger partial charge in [-0.25, -0.2) is 0 Å². The summed E-state index contributed by atoms with van der Waals surface area (Å²) in [6, 6.07) is 7.26. The average Bonchev–Trinajstić information content (AvgIpc) is 2.79. The van der Waals surface area contributed by atoms with Gasteiger partial charge in [0.1, 0.15) is 0 Å².